The van der Waals surface area contributed by atoms with Crippen LogP contribution in [0.3, 0.4) is 0 Å². The van der Waals surface area contributed by atoms with Crippen molar-refractivity contribution in [2.45, 2.75) is 31.9 Å². The molecule has 1 aliphatic carbocycles. The molecular weight excluding hydrogens is 382 g/mol. The van der Waals surface area contributed by atoms with E-state index in [0.717, 1.165) is 52.1 Å². The Labute approximate surface area is 178 Å². The van der Waals surface area contributed by atoms with E-state index in [1.165, 1.54) is 7.11 Å². The maximum atomic E-state index is 12.0. The first-order valence-electron chi connectivity index (χ1n) is 10.8. The number of piperazine rings is 1. The first kappa shape index (κ1) is 21.0. The number of likely N-dealkylation sites (N-methyl/N-ethyl adjacent to an activating group) is 1. The Hall–Kier alpha value is -2.21. The van der Waals surface area contributed by atoms with E-state index in [1.54, 1.807) is 13.0 Å². The number of aromatic nitrogens is 1. The molecule has 0 radical (unpaired) electrons. The fourth-order valence-electron chi connectivity index (χ4n) is 5.36. The standard InChI is InChI=1S/C22H31N5O3/c1-14-18(22(29)30-3)8-15(11-23)21(24-14)27-12-16-9-19(20(28)10-17(16)13-27)26-6-4-25(2)5-7-26/h8,16-17,19-20,28H,4-7,9-10,12-13H2,1-3H3/t16-,17+,19-,20-/m1/s1. The normalized spacial score (nSPS) is 30.0. The summed E-state index contributed by atoms with van der Waals surface area (Å²) in [5.41, 5.74) is 1.30. The number of anilines is 1. The van der Waals surface area contributed by atoms with E-state index in [9.17, 15) is 15.2 Å². The van der Waals surface area contributed by atoms with Crippen molar-refractivity contribution in [3.05, 3.63) is 22.9 Å². The van der Waals surface area contributed by atoms with Gasteiger partial charge in [0, 0.05) is 45.3 Å². The lowest BCUT2D eigenvalue weighted by atomic mass is 9.77. The minimum absolute atomic E-state index is 0.215. The molecule has 2 aliphatic heterocycles. The Morgan fingerprint density at radius 1 is 1.23 bits per heavy atom. The van der Waals surface area contributed by atoms with E-state index < -0.39 is 5.97 Å². The predicted octanol–water partition coefficient (Wildman–Crippen LogP) is 0.871. The summed E-state index contributed by atoms with van der Waals surface area (Å²) in [6.45, 7) is 7.50. The van der Waals surface area contributed by atoms with Crippen LogP contribution in [0.4, 0.5) is 5.82 Å². The highest BCUT2D eigenvalue weighted by molar-refractivity contribution is 5.91. The van der Waals surface area contributed by atoms with Gasteiger partial charge in [0.05, 0.1) is 30.0 Å². The molecule has 8 nitrogen and oxygen atoms in total. The highest BCUT2D eigenvalue weighted by atomic mass is 16.5. The van der Waals surface area contributed by atoms with E-state index in [0.29, 0.717) is 34.5 Å². The number of carbonyl (C=O) groups excluding carboxylic acids is 1. The quantitative estimate of drug-likeness (QED) is 0.730. The smallest absolute Gasteiger partial charge is 0.339 e. The van der Waals surface area contributed by atoms with Gasteiger partial charge in [0.15, 0.2) is 0 Å². The average Bonchev–Trinajstić information content (AvgIpc) is 3.15. The SMILES string of the molecule is COC(=O)c1cc(C#N)c(N2C[C@H]3C[C@@H](N4CCN(C)CC4)[C@H](O)C[C@H]3C2)nc1C. The van der Waals surface area contributed by atoms with Crippen molar-refractivity contribution in [3.63, 3.8) is 0 Å². The Bertz CT molecular complexity index is 846. The first-order chi connectivity index (χ1) is 14.4. The number of methoxy groups -OCH3 is 1. The number of hydrogen-bond donors (Lipinski definition) is 1. The number of carbonyl (C=O) groups is 1. The summed E-state index contributed by atoms with van der Waals surface area (Å²) < 4.78 is 4.81. The van der Waals surface area contributed by atoms with Crippen molar-refractivity contribution in [1.82, 2.24) is 14.8 Å². The molecule has 4 rings (SSSR count). The van der Waals surface area contributed by atoms with Gasteiger partial charge in [-0.3, -0.25) is 4.90 Å². The molecule has 8 heteroatoms. The summed E-state index contributed by atoms with van der Waals surface area (Å²) in [6, 6.07) is 4.00. The molecule has 0 aromatic carbocycles. The number of aliphatic hydroxyl groups excluding tert-OH is 1. The van der Waals surface area contributed by atoms with Crippen LogP contribution in [-0.4, -0.2) is 91.4 Å². The summed E-state index contributed by atoms with van der Waals surface area (Å²) >= 11 is 0. The molecule has 30 heavy (non-hydrogen) atoms. The maximum absolute atomic E-state index is 12.0. The fraction of sp³-hybridized carbons (Fsp3) is 0.682. The van der Waals surface area contributed by atoms with Crippen LogP contribution in [-0.2, 0) is 4.74 Å². The van der Waals surface area contributed by atoms with E-state index in [1.807, 2.05) is 0 Å². The van der Waals surface area contributed by atoms with Crippen LogP contribution >= 0.6 is 0 Å². The number of ether oxygens (including phenoxy) is 1. The molecule has 1 aromatic rings. The minimum Gasteiger partial charge on any atom is -0.465 e. The van der Waals surface area contributed by atoms with Gasteiger partial charge in [-0.15, -0.1) is 0 Å². The molecule has 162 valence electrons. The van der Waals surface area contributed by atoms with Gasteiger partial charge in [0.2, 0.25) is 0 Å². The summed E-state index contributed by atoms with van der Waals surface area (Å²) in [6.07, 6.45) is 1.47. The Kier molecular flexibility index (Phi) is 5.96. The first-order valence-corrected chi connectivity index (χ1v) is 10.8. The Morgan fingerprint density at radius 2 is 1.90 bits per heavy atom. The molecule has 3 aliphatic rings. The van der Waals surface area contributed by atoms with Gasteiger partial charge in [0.25, 0.3) is 0 Å². The third-order valence-electron chi connectivity index (χ3n) is 7.13. The highest BCUT2D eigenvalue weighted by Gasteiger charge is 2.44. The van der Waals surface area contributed by atoms with Crippen LogP contribution in [0, 0.1) is 30.1 Å². The summed E-state index contributed by atoms with van der Waals surface area (Å²) in [5, 5.41) is 20.5. The molecule has 0 amide bonds. The van der Waals surface area contributed by atoms with Crippen molar-refractivity contribution >= 4 is 11.8 Å². The topological polar surface area (TPSA) is 92.9 Å². The second kappa shape index (κ2) is 8.50. The van der Waals surface area contributed by atoms with Gasteiger partial charge in [-0.25, -0.2) is 9.78 Å². The van der Waals surface area contributed by atoms with Crippen molar-refractivity contribution in [2.24, 2.45) is 11.8 Å². The lowest BCUT2D eigenvalue weighted by molar-refractivity contribution is -0.0249. The maximum Gasteiger partial charge on any atom is 0.339 e. The van der Waals surface area contributed by atoms with Gasteiger partial charge >= 0.3 is 5.97 Å². The van der Waals surface area contributed by atoms with Crippen LogP contribution in [0.1, 0.15) is 34.5 Å². The van der Waals surface area contributed by atoms with E-state index in [2.05, 4.69) is 32.8 Å². The monoisotopic (exact) mass is 413 g/mol. The molecule has 1 aromatic heterocycles. The molecule has 3 fully saturated rings. The van der Waals surface area contributed by atoms with Gasteiger partial charge in [0.1, 0.15) is 11.9 Å². The molecule has 2 saturated heterocycles. The van der Waals surface area contributed by atoms with Crippen LogP contribution in [0.25, 0.3) is 0 Å². The van der Waals surface area contributed by atoms with Crippen LogP contribution in [0.15, 0.2) is 6.07 Å². The van der Waals surface area contributed by atoms with Gasteiger partial charge in [-0.05, 0) is 44.7 Å². The largest absolute Gasteiger partial charge is 0.465 e. The number of aliphatic hydroxyl groups is 1. The summed E-state index contributed by atoms with van der Waals surface area (Å²) in [5.74, 6) is 1.05. The number of rotatable bonds is 3. The molecule has 0 bridgehead atoms. The van der Waals surface area contributed by atoms with Gasteiger partial charge in [-0.2, -0.15) is 5.26 Å². The van der Waals surface area contributed by atoms with E-state index >= 15 is 0 Å². The number of nitrogens with zero attached hydrogens (tertiary/aromatic N) is 5. The number of nitriles is 1. The number of pyridine rings is 1. The molecule has 1 N–H and O–H groups in total. The zero-order valence-electron chi connectivity index (χ0n) is 18.0. The molecule has 0 unspecified atom stereocenters. The van der Waals surface area contributed by atoms with Gasteiger partial charge < -0.3 is 19.6 Å². The highest BCUT2D eigenvalue weighted by Crippen LogP contribution is 2.40. The zero-order chi connectivity index (χ0) is 21.4. The second-order valence-corrected chi connectivity index (χ2v) is 8.97. The number of esters is 1. The Morgan fingerprint density at radius 3 is 2.53 bits per heavy atom. The van der Waals surface area contributed by atoms with Crippen molar-refractivity contribution in [2.75, 3.05) is 58.3 Å². The van der Waals surface area contributed by atoms with Crippen LogP contribution in [0.5, 0.6) is 0 Å². The van der Waals surface area contributed by atoms with E-state index in [-0.39, 0.29) is 12.1 Å². The molecule has 0 spiro atoms. The molecule has 3 heterocycles. The van der Waals surface area contributed by atoms with Gasteiger partial charge in [-0.1, -0.05) is 0 Å². The molecular formula is C22H31N5O3. The summed E-state index contributed by atoms with van der Waals surface area (Å²) in [4.78, 5) is 23.5. The lowest BCUT2D eigenvalue weighted by Gasteiger charge is -2.44. The number of fused-ring (bicyclic) bond motifs is 1. The van der Waals surface area contributed by atoms with Crippen molar-refractivity contribution in [1.29, 1.82) is 5.26 Å². The third kappa shape index (κ3) is 3.89. The average molecular weight is 414 g/mol. The zero-order valence-corrected chi connectivity index (χ0v) is 18.0. The molecule has 1 saturated carbocycles. The van der Waals surface area contributed by atoms with Crippen molar-refractivity contribution < 1.29 is 14.6 Å². The lowest BCUT2D eigenvalue weighted by Crippen LogP contribution is -2.55. The minimum atomic E-state index is -0.476. The Balaban J connectivity index is 1.51. The van der Waals surface area contributed by atoms with Crippen LogP contribution in [0.2, 0.25) is 0 Å². The number of hydrogen-bond acceptors (Lipinski definition) is 8. The number of aryl methyl sites for hydroxylation is 1. The predicted molar refractivity (Wildman–Crippen MR) is 112 cm³/mol. The van der Waals surface area contributed by atoms with E-state index in [4.69, 9.17) is 4.74 Å². The molecule has 4 atom stereocenters. The van der Waals surface area contributed by atoms with Crippen molar-refractivity contribution in [3.8, 4) is 6.07 Å². The third-order valence-corrected chi connectivity index (χ3v) is 7.13. The second-order valence-electron chi connectivity index (χ2n) is 8.97. The van der Waals surface area contributed by atoms with Crippen LogP contribution < -0.4 is 4.90 Å². The summed E-state index contributed by atoms with van der Waals surface area (Å²) in [7, 11) is 3.47. The fourth-order valence-corrected chi connectivity index (χ4v) is 5.36.